The number of piperidine rings is 1. The number of carbonyl (C=O) groups excluding carboxylic acids is 1. The SMILES string of the molecule is CC(=O)N1CCCC[C@@H]1CN(C)CCN. The summed E-state index contributed by atoms with van der Waals surface area (Å²) in [5, 5.41) is 0. The average molecular weight is 213 g/mol. The number of likely N-dealkylation sites (tertiary alicyclic amines) is 1. The monoisotopic (exact) mass is 213 g/mol. The number of hydrogen-bond acceptors (Lipinski definition) is 3. The molecule has 0 saturated carbocycles. The molecule has 1 fully saturated rings. The topological polar surface area (TPSA) is 49.6 Å². The lowest BCUT2D eigenvalue weighted by Crippen LogP contribution is -2.48. The number of nitrogens with two attached hydrogens (primary N) is 1. The van der Waals surface area contributed by atoms with Crippen LogP contribution in [0.5, 0.6) is 0 Å². The number of nitrogens with zero attached hydrogens (tertiary/aromatic N) is 2. The number of hydrogen-bond donors (Lipinski definition) is 1. The normalized spacial score (nSPS) is 22.1. The van der Waals surface area contributed by atoms with Crippen molar-refractivity contribution in [3.8, 4) is 0 Å². The van der Waals surface area contributed by atoms with Crippen molar-refractivity contribution in [3.05, 3.63) is 0 Å². The van der Waals surface area contributed by atoms with E-state index in [-0.39, 0.29) is 5.91 Å². The Morgan fingerprint density at radius 3 is 2.87 bits per heavy atom. The van der Waals surface area contributed by atoms with E-state index in [1.54, 1.807) is 6.92 Å². The van der Waals surface area contributed by atoms with Gasteiger partial charge in [-0.25, -0.2) is 0 Å². The van der Waals surface area contributed by atoms with Crippen LogP contribution >= 0.6 is 0 Å². The molecular formula is C11H23N3O. The predicted molar refractivity (Wildman–Crippen MR) is 61.6 cm³/mol. The summed E-state index contributed by atoms with van der Waals surface area (Å²) in [6, 6.07) is 0.396. The fraction of sp³-hybridized carbons (Fsp3) is 0.909. The summed E-state index contributed by atoms with van der Waals surface area (Å²) < 4.78 is 0. The van der Waals surface area contributed by atoms with E-state index in [9.17, 15) is 4.79 Å². The Morgan fingerprint density at radius 1 is 1.53 bits per heavy atom. The Bertz CT molecular complexity index is 208. The molecule has 0 radical (unpaired) electrons. The van der Waals surface area contributed by atoms with E-state index < -0.39 is 0 Å². The van der Waals surface area contributed by atoms with Gasteiger partial charge in [0.25, 0.3) is 0 Å². The molecule has 1 aliphatic rings. The van der Waals surface area contributed by atoms with E-state index in [0.717, 1.165) is 32.5 Å². The molecule has 0 spiro atoms. The van der Waals surface area contributed by atoms with Crippen LogP contribution in [0.2, 0.25) is 0 Å². The number of rotatable bonds is 4. The fourth-order valence-electron chi connectivity index (χ4n) is 2.28. The van der Waals surface area contributed by atoms with Gasteiger partial charge >= 0.3 is 0 Å². The van der Waals surface area contributed by atoms with Gasteiger partial charge in [-0.1, -0.05) is 0 Å². The maximum atomic E-state index is 11.4. The highest BCUT2D eigenvalue weighted by Gasteiger charge is 2.24. The molecular weight excluding hydrogens is 190 g/mol. The van der Waals surface area contributed by atoms with Gasteiger partial charge in [0.1, 0.15) is 0 Å². The Labute approximate surface area is 92.4 Å². The minimum atomic E-state index is 0.209. The second kappa shape index (κ2) is 6.08. The first-order valence-electron chi connectivity index (χ1n) is 5.81. The molecule has 1 saturated heterocycles. The van der Waals surface area contributed by atoms with Gasteiger partial charge in [-0.05, 0) is 26.3 Å². The van der Waals surface area contributed by atoms with Crippen molar-refractivity contribution in [1.29, 1.82) is 0 Å². The van der Waals surface area contributed by atoms with Crippen molar-refractivity contribution >= 4 is 5.91 Å². The number of carbonyl (C=O) groups is 1. The Kier molecular flexibility index (Phi) is 5.05. The summed E-state index contributed by atoms with van der Waals surface area (Å²) >= 11 is 0. The summed E-state index contributed by atoms with van der Waals surface area (Å²) in [4.78, 5) is 15.7. The van der Waals surface area contributed by atoms with Gasteiger partial charge in [0.2, 0.25) is 5.91 Å². The lowest BCUT2D eigenvalue weighted by molar-refractivity contribution is -0.132. The van der Waals surface area contributed by atoms with Gasteiger partial charge < -0.3 is 15.5 Å². The molecule has 1 amide bonds. The van der Waals surface area contributed by atoms with Crippen LogP contribution in [0.25, 0.3) is 0 Å². The van der Waals surface area contributed by atoms with Crippen molar-refractivity contribution in [2.75, 3.05) is 33.2 Å². The van der Waals surface area contributed by atoms with Crippen molar-refractivity contribution in [2.24, 2.45) is 5.73 Å². The summed E-state index contributed by atoms with van der Waals surface area (Å²) in [6.07, 6.45) is 3.52. The van der Waals surface area contributed by atoms with E-state index in [1.807, 2.05) is 4.90 Å². The molecule has 0 aliphatic carbocycles. The van der Waals surface area contributed by atoms with Crippen LogP contribution in [-0.2, 0) is 4.79 Å². The molecule has 1 atom stereocenters. The molecule has 1 rings (SSSR count). The zero-order chi connectivity index (χ0) is 11.3. The first-order valence-corrected chi connectivity index (χ1v) is 5.81. The molecule has 15 heavy (non-hydrogen) atoms. The zero-order valence-corrected chi connectivity index (χ0v) is 9.91. The van der Waals surface area contributed by atoms with E-state index in [2.05, 4.69) is 11.9 Å². The van der Waals surface area contributed by atoms with Crippen LogP contribution in [0.4, 0.5) is 0 Å². The van der Waals surface area contributed by atoms with E-state index in [0.29, 0.717) is 12.6 Å². The fourth-order valence-corrected chi connectivity index (χ4v) is 2.28. The standard InChI is InChI=1S/C11H23N3O/c1-10(15)14-7-4-3-5-11(14)9-13(2)8-6-12/h11H,3-9,12H2,1-2H3/t11-/m1/s1. The van der Waals surface area contributed by atoms with Crippen LogP contribution < -0.4 is 5.73 Å². The van der Waals surface area contributed by atoms with Gasteiger partial charge in [-0.15, -0.1) is 0 Å². The van der Waals surface area contributed by atoms with E-state index in [4.69, 9.17) is 5.73 Å². The molecule has 1 aliphatic heterocycles. The molecule has 0 bridgehead atoms. The van der Waals surface area contributed by atoms with Gasteiger partial charge in [0.15, 0.2) is 0 Å². The quantitative estimate of drug-likeness (QED) is 0.729. The minimum absolute atomic E-state index is 0.209. The van der Waals surface area contributed by atoms with Crippen molar-refractivity contribution in [3.63, 3.8) is 0 Å². The second-order valence-corrected chi connectivity index (χ2v) is 4.41. The third kappa shape index (κ3) is 3.80. The average Bonchev–Trinajstić information content (AvgIpc) is 2.18. The van der Waals surface area contributed by atoms with Crippen molar-refractivity contribution in [2.45, 2.75) is 32.2 Å². The first kappa shape index (κ1) is 12.5. The number of likely N-dealkylation sites (N-methyl/N-ethyl adjacent to an activating group) is 1. The van der Waals surface area contributed by atoms with Gasteiger partial charge in [0, 0.05) is 39.1 Å². The summed E-state index contributed by atoms with van der Waals surface area (Å²) in [7, 11) is 2.07. The molecule has 88 valence electrons. The maximum absolute atomic E-state index is 11.4. The van der Waals surface area contributed by atoms with Gasteiger partial charge in [-0.3, -0.25) is 4.79 Å². The Balaban J connectivity index is 2.45. The summed E-state index contributed by atoms with van der Waals surface area (Å²) in [5.41, 5.74) is 5.51. The molecule has 0 aromatic heterocycles. The Morgan fingerprint density at radius 2 is 2.27 bits per heavy atom. The second-order valence-electron chi connectivity index (χ2n) is 4.41. The lowest BCUT2D eigenvalue weighted by atomic mass is 10.0. The molecule has 0 aromatic carbocycles. The predicted octanol–water partition coefficient (Wildman–Crippen LogP) is 0.278. The summed E-state index contributed by atoms with van der Waals surface area (Å²) in [5.74, 6) is 0.209. The largest absolute Gasteiger partial charge is 0.339 e. The lowest BCUT2D eigenvalue weighted by Gasteiger charge is -2.37. The van der Waals surface area contributed by atoms with Gasteiger partial charge in [-0.2, -0.15) is 0 Å². The minimum Gasteiger partial charge on any atom is -0.339 e. The third-order valence-corrected chi connectivity index (χ3v) is 3.06. The van der Waals surface area contributed by atoms with E-state index in [1.165, 1.54) is 6.42 Å². The molecule has 2 N–H and O–H groups in total. The highest BCUT2D eigenvalue weighted by molar-refractivity contribution is 5.73. The van der Waals surface area contributed by atoms with Crippen LogP contribution in [0, 0.1) is 0 Å². The zero-order valence-electron chi connectivity index (χ0n) is 9.91. The highest BCUT2D eigenvalue weighted by atomic mass is 16.2. The van der Waals surface area contributed by atoms with Gasteiger partial charge in [0.05, 0.1) is 0 Å². The molecule has 4 nitrogen and oxygen atoms in total. The maximum Gasteiger partial charge on any atom is 0.219 e. The van der Waals surface area contributed by atoms with Crippen LogP contribution in [0.15, 0.2) is 0 Å². The Hall–Kier alpha value is -0.610. The first-order chi connectivity index (χ1) is 7.15. The smallest absolute Gasteiger partial charge is 0.219 e. The van der Waals surface area contributed by atoms with E-state index >= 15 is 0 Å². The molecule has 0 unspecified atom stereocenters. The van der Waals surface area contributed by atoms with Crippen LogP contribution in [-0.4, -0.2) is 55.0 Å². The van der Waals surface area contributed by atoms with Crippen LogP contribution in [0.3, 0.4) is 0 Å². The highest BCUT2D eigenvalue weighted by Crippen LogP contribution is 2.17. The third-order valence-electron chi connectivity index (χ3n) is 3.06. The van der Waals surface area contributed by atoms with Crippen molar-refractivity contribution in [1.82, 2.24) is 9.80 Å². The number of amides is 1. The van der Waals surface area contributed by atoms with Crippen molar-refractivity contribution < 1.29 is 4.79 Å². The summed E-state index contributed by atoms with van der Waals surface area (Å²) in [6.45, 7) is 5.14. The molecule has 0 aromatic rings. The molecule has 4 heteroatoms. The van der Waals surface area contributed by atoms with Crippen LogP contribution in [0.1, 0.15) is 26.2 Å². The molecule has 1 heterocycles.